The third kappa shape index (κ3) is 4.37. The van der Waals surface area contributed by atoms with E-state index in [9.17, 15) is 9.50 Å². The number of anilines is 1. The van der Waals surface area contributed by atoms with Crippen molar-refractivity contribution in [2.24, 2.45) is 16.1 Å². The molecule has 0 aliphatic heterocycles. The first-order valence-electron chi connectivity index (χ1n) is 8.62. The first kappa shape index (κ1) is 17.4. The number of aliphatic hydroxyl groups is 1. The fourth-order valence-corrected chi connectivity index (χ4v) is 3.53. The summed E-state index contributed by atoms with van der Waals surface area (Å²) in [5.41, 5.74) is 7.55. The van der Waals surface area contributed by atoms with E-state index in [2.05, 4.69) is 10.3 Å². The Morgan fingerprint density at radius 1 is 1.20 bits per heavy atom. The molecule has 0 spiro atoms. The summed E-state index contributed by atoms with van der Waals surface area (Å²) >= 11 is 0. The van der Waals surface area contributed by atoms with E-state index in [1.54, 1.807) is 12.1 Å². The molecule has 132 valence electrons. The van der Waals surface area contributed by atoms with Crippen molar-refractivity contribution >= 4 is 11.6 Å². The summed E-state index contributed by atoms with van der Waals surface area (Å²) in [4.78, 5) is 4.49. The fraction of sp³-hybridized carbons (Fsp3) is 0.350. The Hall–Kier alpha value is -2.40. The van der Waals surface area contributed by atoms with Crippen LogP contribution >= 0.6 is 0 Å². The highest BCUT2D eigenvalue weighted by atomic mass is 19.1. The summed E-state index contributed by atoms with van der Waals surface area (Å²) in [7, 11) is 0. The number of aliphatic imine (C=N–C) groups is 1. The Kier molecular flexibility index (Phi) is 5.34. The fourth-order valence-electron chi connectivity index (χ4n) is 3.53. The minimum Gasteiger partial charge on any atom is -0.392 e. The van der Waals surface area contributed by atoms with Crippen molar-refractivity contribution in [3.8, 4) is 0 Å². The van der Waals surface area contributed by atoms with Gasteiger partial charge < -0.3 is 16.2 Å². The van der Waals surface area contributed by atoms with Gasteiger partial charge in [0.15, 0.2) is 5.96 Å². The largest absolute Gasteiger partial charge is 0.392 e. The van der Waals surface area contributed by atoms with E-state index in [1.165, 1.54) is 12.1 Å². The molecule has 1 saturated carbocycles. The van der Waals surface area contributed by atoms with Crippen LogP contribution in [0, 0.1) is 11.2 Å². The number of nitrogens with one attached hydrogen (secondary N) is 1. The number of hydrogen-bond acceptors (Lipinski definition) is 2. The standard InChI is InChI=1S/C20H24FN3O/c21-16-10-8-15(9-11-16)13-20(12-4-7-18(20)25)14-23-19(22)24-17-5-2-1-3-6-17/h1-3,5-6,8-11,18,25H,4,7,12-14H2,(H3,22,23,24). The van der Waals surface area contributed by atoms with Gasteiger partial charge in [-0.1, -0.05) is 36.8 Å². The molecule has 2 aromatic rings. The van der Waals surface area contributed by atoms with Crippen molar-refractivity contribution in [1.29, 1.82) is 0 Å². The van der Waals surface area contributed by atoms with Gasteiger partial charge in [-0.15, -0.1) is 0 Å². The van der Waals surface area contributed by atoms with Gasteiger partial charge in [-0.05, 0) is 49.1 Å². The van der Waals surface area contributed by atoms with Crippen LogP contribution in [-0.2, 0) is 6.42 Å². The molecule has 4 nitrogen and oxygen atoms in total. The molecule has 0 radical (unpaired) electrons. The molecule has 25 heavy (non-hydrogen) atoms. The number of nitrogens with zero attached hydrogens (tertiary/aromatic N) is 1. The Balaban J connectivity index is 1.72. The second-order valence-electron chi connectivity index (χ2n) is 6.77. The van der Waals surface area contributed by atoms with Crippen LogP contribution in [0.5, 0.6) is 0 Å². The molecule has 1 aliphatic rings. The zero-order valence-corrected chi connectivity index (χ0v) is 14.2. The predicted octanol–water partition coefficient (Wildman–Crippen LogP) is 3.33. The third-order valence-corrected chi connectivity index (χ3v) is 4.94. The molecule has 5 heteroatoms. The van der Waals surface area contributed by atoms with Gasteiger partial charge in [0.2, 0.25) is 0 Å². The van der Waals surface area contributed by atoms with E-state index < -0.39 is 6.10 Å². The molecular weight excluding hydrogens is 317 g/mol. The highest BCUT2D eigenvalue weighted by Crippen LogP contribution is 2.41. The van der Waals surface area contributed by atoms with Crippen LogP contribution in [0.3, 0.4) is 0 Å². The number of rotatable bonds is 5. The van der Waals surface area contributed by atoms with Crippen molar-refractivity contribution in [2.45, 2.75) is 31.8 Å². The average molecular weight is 341 g/mol. The van der Waals surface area contributed by atoms with Gasteiger partial charge in [0.25, 0.3) is 0 Å². The topological polar surface area (TPSA) is 70.6 Å². The number of hydrogen-bond donors (Lipinski definition) is 3. The van der Waals surface area contributed by atoms with Gasteiger partial charge in [-0.3, -0.25) is 4.99 Å². The van der Waals surface area contributed by atoms with Crippen LogP contribution in [0.1, 0.15) is 24.8 Å². The maximum absolute atomic E-state index is 13.1. The van der Waals surface area contributed by atoms with Gasteiger partial charge in [0, 0.05) is 11.1 Å². The molecule has 0 amide bonds. The monoisotopic (exact) mass is 341 g/mol. The SMILES string of the molecule is NC(=NCC1(Cc2ccc(F)cc2)CCCC1O)Nc1ccccc1. The van der Waals surface area contributed by atoms with E-state index in [0.29, 0.717) is 18.9 Å². The molecule has 0 aromatic heterocycles. The van der Waals surface area contributed by atoms with Crippen LogP contribution < -0.4 is 11.1 Å². The van der Waals surface area contributed by atoms with Gasteiger partial charge in [0.05, 0.1) is 12.6 Å². The molecule has 1 fully saturated rings. The number of aliphatic hydroxyl groups excluding tert-OH is 1. The van der Waals surface area contributed by atoms with E-state index in [-0.39, 0.29) is 11.2 Å². The van der Waals surface area contributed by atoms with Crippen molar-refractivity contribution in [2.75, 3.05) is 11.9 Å². The summed E-state index contributed by atoms with van der Waals surface area (Å²) in [6, 6.07) is 16.1. The van der Waals surface area contributed by atoms with E-state index in [4.69, 9.17) is 5.73 Å². The summed E-state index contributed by atoms with van der Waals surface area (Å²) < 4.78 is 13.1. The summed E-state index contributed by atoms with van der Waals surface area (Å²) in [6.07, 6.45) is 2.85. The lowest BCUT2D eigenvalue weighted by Gasteiger charge is -2.31. The molecule has 0 bridgehead atoms. The van der Waals surface area contributed by atoms with Crippen molar-refractivity contribution in [3.05, 3.63) is 66.0 Å². The maximum Gasteiger partial charge on any atom is 0.193 e. The normalized spacial score (nSPS) is 23.6. The van der Waals surface area contributed by atoms with E-state index in [1.807, 2.05) is 30.3 Å². The molecule has 3 rings (SSSR count). The lowest BCUT2D eigenvalue weighted by Crippen LogP contribution is -2.37. The zero-order chi connectivity index (χ0) is 17.7. The zero-order valence-electron chi connectivity index (χ0n) is 14.2. The molecular formula is C20H24FN3O. The van der Waals surface area contributed by atoms with Crippen molar-refractivity contribution < 1.29 is 9.50 Å². The highest BCUT2D eigenvalue weighted by Gasteiger charge is 2.41. The lowest BCUT2D eigenvalue weighted by molar-refractivity contribution is 0.0592. The first-order valence-corrected chi connectivity index (χ1v) is 8.62. The van der Waals surface area contributed by atoms with Crippen LogP contribution in [0.25, 0.3) is 0 Å². The number of nitrogens with two attached hydrogens (primary N) is 1. The molecule has 2 unspecified atom stereocenters. The summed E-state index contributed by atoms with van der Waals surface area (Å²) in [6.45, 7) is 0.442. The molecule has 4 N–H and O–H groups in total. The van der Waals surface area contributed by atoms with Gasteiger partial charge in [-0.25, -0.2) is 4.39 Å². The molecule has 0 heterocycles. The number of halogens is 1. The van der Waals surface area contributed by atoms with Crippen LogP contribution in [-0.4, -0.2) is 23.7 Å². The van der Waals surface area contributed by atoms with Gasteiger partial charge in [0.1, 0.15) is 5.82 Å². The number of benzene rings is 2. The van der Waals surface area contributed by atoms with E-state index >= 15 is 0 Å². The van der Waals surface area contributed by atoms with Gasteiger partial charge in [-0.2, -0.15) is 0 Å². The smallest absolute Gasteiger partial charge is 0.193 e. The highest BCUT2D eigenvalue weighted by molar-refractivity contribution is 5.92. The summed E-state index contributed by atoms with van der Waals surface area (Å²) in [5.74, 6) is 0.0860. The minimum atomic E-state index is -0.425. The predicted molar refractivity (Wildman–Crippen MR) is 98.9 cm³/mol. The second-order valence-corrected chi connectivity index (χ2v) is 6.77. The molecule has 2 aromatic carbocycles. The second kappa shape index (κ2) is 7.66. The Bertz CT molecular complexity index is 717. The van der Waals surface area contributed by atoms with Crippen LogP contribution in [0.2, 0.25) is 0 Å². The van der Waals surface area contributed by atoms with Crippen LogP contribution in [0.15, 0.2) is 59.6 Å². The minimum absolute atomic E-state index is 0.251. The molecule has 0 saturated heterocycles. The lowest BCUT2D eigenvalue weighted by atomic mass is 9.78. The van der Waals surface area contributed by atoms with Gasteiger partial charge >= 0.3 is 0 Å². The Morgan fingerprint density at radius 2 is 1.92 bits per heavy atom. The third-order valence-electron chi connectivity index (χ3n) is 4.94. The Labute approximate surface area is 147 Å². The van der Waals surface area contributed by atoms with Crippen molar-refractivity contribution in [3.63, 3.8) is 0 Å². The van der Waals surface area contributed by atoms with Crippen LogP contribution in [0.4, 0.5) is 10.1 Å². The molecule has 2 atom stereocenters. The summed E-state index contributed by atoms with van der Waals surface area (Å²) in [5, 5.41) is 13.6. The van der Waals surface area contributed by atoms with Crippen molar-refractivity contribution in [1.82, 2.24) is 0 Å². The van der Waals surface area contributed by atoms with E-state index in [0.717, 1.165) is 30.5 Å². The maximum atomic E-state index is 13.1. The first-order chi connectivity index (χ1) is 12.1. The number of guanidine groups is 1. The quantitative estimate of drug-likeness (QED) is 0.577. The Morgan fingerprint density at radius 3 is 2.56 bits per heavy atom. The number of para-hydroxylation sites is 1. The average Bonchev–Trinajstić information content (AvgIpc) is 2.97. The molecule has 1 aliphatic carbocycles.